The van der Waals surface area contributed by atoms with Gasteiger partial charge >= 0.3 is 6.03 Å². The smallest absolute Gasteiger partial charge is 0.318 e. The fourth-order valence-electron chi connectivity index (χ4n) is 3.75. The second-order valence-corrected chi connectivity index (χ2v) is 6.62. The van der Waals surface area contributed by atoms with Crippen molar-refractivity contribution in [3.8, 4) is 6.07 Å². The minimum Gasteiger partial charge on any atom is -0.346 e. The molecule has 0 spiro atoms. The molecule has 4 rings (SSSR count). The molecule has 0 radical (unpaired) electrons. The number of nitriles is 1. The van der Waals surface area contributed by atoms with E-state index in [0.29, 0.717) is 12.5 Å². The predicted molar refractivity (Wildman–Crippen MR) is 95.0 cm³/mol. The normalized spacial score (nSPS) is 20.7. The number of likely N-dealkylation sites (tertiary alicyclic amines) is 1. The number of amides is 2. The lowest BCUT2D eigenvalue weighted by Crippen LogP contribution is -2.48. The van der Waals surface area contributed by atoms with Gasteiger partial charge < -0.3 is 19.8 Å². The molecule has 0 saturated carbocycles. The topological polar surface area (TPSA) is 89.7 Å². The Morgan fingerprint density at radius 3 is 3.24 bits per heavy atom. The van der Waals surface area contributed by atoms with Crippen molar-refractivity contribution in [2.75, 3.05) is 19.6 Å². The van der Waals surface area contributed by atoms with Crippen LogP contribution in [0.2, 0.25) is 0 Å². The Morgan fingerprint density at radius 1 is 1.52 bits per heavy atom. The van der Waals surface area contributed by atoms with Crippen molar-refractivity contribution in [2.24, 2.45) is 5.92 Å². The fraction of sp³-hybridized carbons (Fsp3) is 0.389. The summed E-state index contributed by atoms with van der Waals surface area (Å²) in [6.45, 7) is 3.62. The Morgan fingerprint density at radius 2 is 2.40 bits per heavy atom. The first-order valence-corrected chi connectivity index (χ1v) is 8.51. The largest absolute Gasteiger partial charge is 0.346 e. The second kappa shape index (κ2) is 6.13. The summed E-state index contributed by atoms with van der Waals surface area (Å²) in [4.78, 5) is 21.7. The van der Waals surface area contributed by atoms with Gasteiger partial charge in [0.1, 0.15) is 12.2 Å². The molecule has 1 aliphatic rings. The number of aromatic amines is 1. The van der Waals surface area contributed by atoms with Gasteiger partial charge in [0.05, 0.1) is 17.6 Å². The number of H-pyrrole nitrogens is 1. The maximum Gasteiger partial charge on any atom is 0.318 e. The van der Waals surface area contributed by atoms with Gasteiger partial charge in [0.15, 0.2) is 0 Å². The number of nitrogens with zero attached hydrogens (tertiary/aromatic N) is 4. The molecule has 25 heavy (non-hydrogen) atoms. The Labute approximate surface area is 145 Å². The molecule has 0 aromatic carbocycles. The third kappa shape index (κ3) is 2.60. The minimum atomic E-state index is -0.164. The molecule has 3 aromatic heterocycles. The maximum atomic E-state index is 12.3. The van der Waals surface area contributed by atoms with E-state index in [1.54, 1.807) is 0 Å². The number of carbonyl (C=O) groups excluding carboxylic acids is 1. The molecular weight excluding hydrogens is 316 g/mol. The van der Waals surface area contributed by atoms with Crippen LogP contribution in [0.25, 0.3) is 21.9 Å². The molecule has 7 nitrogen and oxygen atoms in total. The molecule has 4 heterocycles. The molecule has 3 aromatic rings. The van der Waals surface area contributed by atoms with Gasteiger partial charge in [-0.2, -0.15) is 5.26 Å². The monoisotopic (exact) mass is 336 g/mol. The van der Waals surface area contributed by atoms with Gasteiger partial charge in [0.25, 0.3) is 0 Å². The predicted octanol–water partition coefficient (Wildman–Crippen LogP) is 2.63. The number of piperidine rings is 1. The van der Waals surface area contributed by atoms with Gasteiger partial charge in [0, 0.05) is 42.5 Å². The summed E-state index contributed by atoms with van der Waals surface area (Å²) in [5.74, 6) is 0.456. The summed E-state index contributed by atoms with van der Waals surface area (Å²) >= 11 is 0. The van der Waals surface area contributed by atoms with E-state index in [4.69, 9.17) is 5.26 Å². The number of carbonyl (C=O) groups is 1. The number of nitrogens with one attached hydrogen (secondary N) is 2. The molecule has 1 saturated heterocycles. The van der Waals surface area contributed by atoms with Crippen molar-refractivity contribution < 1.29 is 4.79 Å². The van der Waals surface area contributed by atoms with Crippen molar-refractivity contribution in [3.05, 3.63) is 30.7 Å². The van der Waals surface area contributed by atoms with Crippen LogP contribution in [0, 0.1) is 17.2 Å². The number of fused-ring (bicyclic) bond motifs is 3. The highest BCUT2D eigenvalue weighted by atomic mass is 16.2. The number of urea groups is 1. The summed E-state index contributed by atoms with van der Waals surface area (Å²) in [6, 6.07) is 6.11. The summed E-state index contributed by atoms with van der Waals surface area (Å²) in [5.41, 5.74) is 2.03. The van der Waals surface area contributed by atoms with Gasteiger partial charge in [-0.15, -0.1) is 0 Å². The molecule has 0 bridgehead atoms. The van der Waals surface area contributed by atoms with Crippen LogP contribution >= 0.6 is 0 Å². The molecule has 2 N–H and O–H groups in total. The molecule has 2 atom stereocenters. The molecule has 1 fully saturated rings. The number of pyridine rings is 1. The third-order valence-corrected chi connectivity index (χ3v) is 5.14. The van der Waals surface area contributed by atoms with Crippen molar-refractivity contribution in [2.45, 2.75) is 19.4 Å². The zero-order valence-electron chi connectivity index (χ0n) is 14.1. The quantitative estimate of drug-likeness (QED) is 0.705. The summed E-state index contributed by atoms with van der Waals surface area (Å²) in [6.07, 6.45) is 6.82. The summed E-state index contributed by atoms with van der Waals surface area (Å²) < 4.78 is 2.28. The van der Waals surface area contributed by atoms with Crippen LogP contribution in [0.1, 0.15) is 19.4 Å². The summed E-state index contributed by atoms with van der Waals surface area (Å²) in [5, 5.41) is 13.5. The lowest BCUT2D eigenvalue weighted by Gasteiger charge is -2.38. The molecule has 0 aliphatic carbocycles. The van der Waals surface area contributed by atoms with Crippen LogP contribution in [0.4, 0.5) is 4.79 Å². The van der Waals surface area contributed by atoms with Crippen LogP contribution in [0.3, 0.4) is 0 Å². The maximum absolute atomic E-state index is 12.3. The van der Waals surface area contributed by atoms with Crippen molar-refractivity contribution >= 4 is 28.0 Å². The Hall–Kier alpha value is -3.01. The van der Waals surface area contributed by atoms with Crippen LogP contribution in [0.5, 0.6) is 0 Å². The lowest BCUT2D eigenvalue weighted by atomic mass is 9.93. The zero-order valence-corrected chi connectivity index (χ0v) is 14.1. The van der Waals surface area contributed by atoms with E-state index in [9.17, 15) is 4.79 Å². The van der Waals surface area contributed by atoms with E-state index in [1.165, 1.54) is 0 Å². The third-order valence-electron chi connectivity index (χ3n) is 5.14. The SMILES string of the molecule is C[C@@H]1CCN(C(=O)NCC#N)C[C@@H]1n1ccc2cnc3[nH]ccc3c21. The average Bonchev–Trinajstić information content (AvgIpc) is 3.25. The fourth-order valence-corrected chi connectivity index (χ4v) is 3.75. The Bertz CT molecular complexity index is 965. The number of aromatic nitrogens is 3. The first-order valence-electron chi connectivity index (χ1n) is 8.51. The highest BCUT2D eigenvalue weighted by Gasteiger charge is 2.30. The van der Waals surface area contributed by atoms with Gasteiger partial charge in [-0.25, -0.2) is 9.78 Å². The van der Waals surface area contributed by atoms with Gasteiger partial charge in [0.2, 0.25) is 0 Å². The molecule has 1 aliphatic heterocycles. The lowest BCUT2D eigenvalue weighted by molar-refractivity contribution is 0.143. The Balaban J connectivity index is 1.70. The van der Waals surface area contributed by atoms with Crippen LogP contribution in [0.15, 0.2) is 30.7 Å². The van der Waals surface area contributed by atoms with Crippen LogP contribution < -0.4 is 5.32 Å². The van der Waals surface area contributed by atoms with E-state index in [-0.39, 0.29) is 18.6 Å². The van der Waals surface area contributed by atoms with E-state index >= 15 is 0 Å². The number of hydrogen-bond acceptors (Lipinski definition) is 3. The second-order valence-electron chi connectivity index (χ2n) is 6.62. The highest BCUT2D eigenvalue weighted by molar-refractivity contribution is 6.02. The molecule has 0 unspecified atom stereocenters. The summed E-state index contributed by atoms with van der Waals surface area (Å²) in [7, 11) is 0. The minimum absolute atomic E-state index is 0.0393. The number of hydrogen-bond donors (Lipinski definition) is 2. The average molecular weight is 336 g/mol. The molecular formula is C18H20N6O. The Kier molecular flexibility index (Phi) is 3.80. The van der Waals surface area contributed by atoms with Crippen LogP contribution in [-0.2, 0) is 0 Å². The molecule has 128 valence electrons. The van der Waals surface area contributed by atoms with Gasteiger partial charge in [-0.3, -0.25) is 0 Å². The highest BCUT2D eigenvalue weighted by Crippen LogP contribution is 2.33. The van der Waals surface area contributed by atoms with E-state index in [1.807, 2.05) is 29.4 Å². The van der Waals surface area contributed by atoms with Crippen molar-refractivity contribution in [1.29, 1.82) is 5.26 Å². The molecule has 7 heteroatoms. The first kappa shape index (κ1) is 15.5. The zero-order chi connectivity index (χ0) is 17.4. The van der Waals surface area contributed by atoms with E-state index in [0.717, 1.165) is 34.9 Å². The van der Waals surface area contributed by atoms with Gasteiger partial charge in [-0.1, -0.05) is 6.92 Å². The van der Waals surface area contributed by atoms with E-state index < -0.39 is 0 Å². The first-order chi connectivity index (χ1) is 12.2. The number of rotatable bonds is 2. The standard InChI is InChI=1S/C18H20N6O/c1-12-3-8-23(18(25)21-7-5-19)11-15(12)24-9-4-13-10-22-17-14(16(13)24)2-6-20-17/h2,4,6,9-10,12,15H,3,7-8,11H2,1H3,(H,20,22)(H,21,25)/t12-,15+/m1/s1. The van der Waals surface area contributed by atoms with Crippen LogP contribution in [-0.4, -0.2) is 45.1 Å². The molecule has 2 amide bonds. The van der Waals surface area contributed by atoms with E-state index in [2.05, 4.69) is 39.0 Å². The van der Waals surface area contributed by atoms with Crippen molar-refractivity contribution in [1.82, 2.24) is 24.8 Å². The van der Waals surface area contributed by atoms with Gasteiger partial charge in [-0.05, 0) is 24.5 Å². The van der Waals surface area contributed by atoms with Crippen molar-refractivity contribution in [3.63, 3.8) is 0 Å².